The van der Waals surface area contributed by atoms with Crippen LogP contribution in [0.25, 0.3) is 16.7 Å². The van der Waals surface area contributed by atoms with E-state index >= 15 is 0 Å². The lowest BCUT2D eigenvalue weighted by Gasteiger charge is -2.14. The Balaban J connectivity index is 1.39. The molecule has 0 spiro atoms. The molecule has 0 saturated heterocycles. The molecule has 1 aliphatic heterocycles. The molecule has 0 bridgehead atoms. The van der Waals surface area contributed by atoms with Gasteiger partial charge in [-0.15, -0.1) is 0 Å². The van der Waals surface area contributed by atoms with Crippen molar-refractivity contribution < 1.29 is 13.2 Å². The molecule has 10 nitrogen and oxygen atoms in total. The van der Waals surface area contributed by atoms with Crippen LogP contribution in [0.5, 0.6) is 0 Å². The number of anilines is 1. The van der Waals surface area contributed by atoms with Crippen LogP contribution in [-0.2, 0) is 14.8 Å². The van der Waals surface area contributed by atoms with Gasteiger partial charge in [0.05, 0.1) is 22.8 Å². The standard InChI is InChI=1S/C23H22N6O4S2/c1-13-3-6-16(9-14(13)2)29-21-19(11-25-29)22(31)28-17(12-34-23(28)27-21)10-20(30)26-15-4-7-18(8-5-15)35(24,32)33/h3-9,11,17H,10,12H2,1-2H3,(H,26,30)(H2,24,32,33). The summed E-state index contributed by atoms with van der Waals surface area (Å²) in [6, 6.07) is 11.2. The summed E-state index contributed by atoms with van der Waals surface area (Å²) in [6.07, 6.45) is 1.58. The molecule has 180 valence electrons. The molecule has 0 fully saturated rings. The molecule has 12 heteroatoms. The first kappa shape index (κ1) is 23.3. The number of aryl methyl sites for hydroxylation is 2. The summed E-state index contributed by atoms with van der Waals surface area (Å²) in [6.45, 7) is 4.05. The van der Waals surface area contributed by atoms with Gasteiger partial charge in [-0.2, -0.15) is 5.10 Å². The van der Waals surface area contributed by atoms with Crippen molar-refractivity contribution in [2.24, 2.45) is 5.14 Å². The molecule has 2 aromatic carbocycles. The number of primary sulfonamides is 1. The second-order valence-electron chi connectivity index (χ2n) is 8.42. The Morgan fingerprint density at radius 3 is 2.60 bits per heavy atom. The molecular weight excluding hydrogens is 488 g/mol. The fraction of sp³-hybridized carbons (Fsp3) is 0.217. The van der Waals surface area contributed by atoms with Crippen LogP contribution < -0.4 is 16.0 Å². The number of benzene rings is 2. The second kappa shape index (κ2) is 8.63. The smallest absolute Gasteiger partial charge is 0.265 e. The van der Waals surface area contributed by atoms with Crippen molar-refractivity contribution in [1.82, 2.24) is 19.3 Å². The third-order valence-corrected chi connectivity index (χ3v) is 8.02. The maximum atomic E-state index is 13.3. The topological polar surface area (TPSA) is 142 Å². The summed E-state index contributed by atoms with van der Waals surface area (Å²) < 4.78 is 26.0. The lowest BCUT2D eigenvalue weighted by molar-refractivity contribution is -0.116. The van der Waals surface area contributed by atoms with Crippen molar-refractivity contribution in [3.63, 3.8) is 0 Å². The Kier molecular flexibility index (Phi) is 5.74. The summed E-state index contributed by atoms with van der Waals surface area (Å²) in [5.74, 6) is 0.230. The van der Waals surface area contributed by atoms with E-state index in [1.807, 2.05) is 32.0 Å². The molecule has 1 unspecified atom stereocenters. The van der Waals surface area contributed by atoms with Crippen molar-refractivity contribution in [3.8, 4) is 5.69 Å². The van der Waals surface area contributed by atoms with E-state index in [-0.39, 0.29) is 28.8 Å². The van der Waals surface area contributed by atoms with Crippen molar-refractivity contribution in [1.29, 1.82) is 0 Å². The molecule has 3 N–H and O–H groups in total. The number of fused-ring (bicyclic) bond motifs is 2. The van der Waals surface area contributed by atoms with Gasteiger partial charge < -0.3 is 5.32 Å². The number of hydrogen-bond donors (Lipinski definition) is 2. The van der Waals surface area contributed by atoms with Gasteiger partial charge in [0.15, 0.2) is 10.8 Å². The van der Waals surface area contributed by atoms with Gasteiger partial charge in [-0.3, -0.25) is 14.2 Å². The number of carbonyl (C=O) groups is 1. The quantitative estimate of drug-likeness (QED) is 0.393. The Hall–Kier alpha value is -3.48. The minimum absolute atomic E-state index is 0.0420. The molecule has 1 aliphatic rings. The number of sulfonamides is 1. The summed E-state index contributed by atoms with van der Waals surface area (Å²) in [5.41, 5.74) is 3.79. The summed E-state index contributed by atoms with van der Waals surface area (Å²) in [5, 5.41) is 13.2. The van der Waals surface area contributed by atoms with Gasteiger partial charge in [0.2, 0.25) is 15.9 Å². The SMILES string of the molecule is Cc1ccc(-n2ncc3c(=O)n4c(nc32)SCC4CC(=O)Nc2ccc(S(N)(=O)=O)cc2)cc1C. The lowest BCUT2D eigenvalue weighted by atomic mass is 10.1. The van der Waals surface area contributed by atoms with Crippen LogP contribution in [0.4, 0.5) is 5.69 Å². The molecular formula is C23H22N6O4S2. The van der Waals surface area contributed by atoms with Crippen LogP contribution in [0.1, 0.15) is 23.6 Å². The van der Waals surface area contributed by atoms with E-state index in [1.165, 1.54) is 42.2 Å². The van der Waals surface area contributed by atoms with E-state index in [9.17, 15) is 18.0 Å². The first-order valence-corrected chi connectivity index (χ1v) is 13.3. The second-order valence-corrected chi connectivity index (χ2v) is 11.0. The summed E-state index contributed by atoms with van der Waals surface area (Å²) in [4.78, 5) is 30.7. The highest BCUT2D eigenvalue weighted by molar-refractivity contribution is 7.99. The molecule has 2 aromatic heterocycles. The third-order valence-electron chi connectivity index (χ3n) is 5.99. The fourth-order valence-electron chi connectivity index (χ4n) is 3.98. The Morgan fingerprint density at radius 2 is 1.91 bits per heavy atom. The van der Waals surface area contributed by atoms with Crippen LogP contribution in [0, 0.1) is 13.8 Å². The zero-order chi connectivity index (χ0) is 24.9. The molecule has 0 radical (unpaired) electrons. The third kappa shape index (κ3) is 4.35. The van der Waals surface area contributed by atoms with Gasteiger partial charge in [-0.25, -0.2) is 23.2 Å². The number of nitrogens with two attached hydrogens (primary N) is 1. The molecule has 4 aromatic rings. The summed E-state index contributed by atoms with van der Waals surface area (Å²) in [7, 11) is -3.81. The van der Waals surface area contributed by atoms with Gasteiger partial charge in [0.25, 0.3) is 5.56 Å². The number of hydrogen-bond acceptors (Lipinski definition) is 7. The van der Waals surface area contributed by atoms with Gasteiger partial charge in [0.1, 0.15) is 5.39 Å². The Bertz CT molecular complexity index is 1640. The van der Waals surface area contributed by atoms with Gasteiger partial charge in [-0.1, -0.05) is 17.8 Å². The molecule has 0 aliphatic carbocycles. The number of amides is 1. The number of aromatic nitrogens is 4. The average molecular weight is 511 g/mol. The number of carbonyl (C=O) groups excluding carboxylic acids is 1. The fourth-order valence-corrected chi connectivity index (χ4v) is 5.63. The Labute approximate surface area is 205 Å². The van der Waals surface area contributed by atoms with E-state index in [1.54, 1.807) is 9.25 Å². The molecule has 0 saturated carbocycles. The lowest BCUT2D eigenvalue weighted by Crippen LogP contribution is -2.27. The van der Waals surface area contributed by atoms with E-state index in [0.717, 1.165) is 16.8 Å². The highest BCUT2D eigenvalue weighted by Gasteiger charge is 2.29. The molecule has 3 heterocycles. The molecule has 1 amide bonds. The molecule has 35 heavy (non-hydrogen) atoms. The van der Waals surface area contributed by atoms with E-state index < -0.39 is 10.0 Å². The van der Waals surface area contributed by atoms with Gasteiger partial charge in [0, 0.05) is 17.9 Å². The summed E-state index contributed by atoms with van der Waals surface area (Å²) >= 11 is 1.42. The molecule has 5 rings (SSSR count). The predicted molar refractivity (Wildman–Crippen MR) is 133 cm³/mol. The van der Waals surface area contributed by atoms with Crippen LogP contribution >= 0.6 is 11.8 Å². The van der Waals surface area contributed by atoms with Gasteiger partial charge >= 0.3 is 0 Å². The number of nitrogens with zero attached hydrogens (tertiary/aromatic N) is 4. The average Bonchev–Trinajstić information content (AvgIpc) is 3.40. The van der Waals surface area contributed by atoms with Crippen molar-refractivity contribution in [2.45, 2.75) is 36.4 Å². The highest BCUT2D eigenvalue weighted by Crippen LogP contribution is 2.33. The van der Waals surface area contributed by atoms with Crippen LogP contribution in [-0.4, -0.2) is 39.4 Å². The number of nitrogens with one attached hydrogen (secondary N) is 1. The van der Waals surface area contributed by atoms with E-state index in [0.29, 0.717) is 27.6 Å². The van der Waals surface area contributed by atoms with Crippen molar-refractivity contribution in [3.05, 3.63) is 70.1 Å². The van der Waals surface area contributed by atoms with Crippen LogP contribution in [0.3, 0.4) is 0 Å². The van der Waals surface area contributed by atoms with Crippen LogP contribution in [0.2, 0.25) is 0 Å². The number of rotatable bonds is 5. The highest BCUT2D eigenvalue weighted by atomic mass is 32.2. The van der Waals surface area contributed by atoms with Crippen molar-refractivity contribution >= 4 is 44.4 Å². The van der Waals surface area contributed by atoms with Gasteiger partial charge in [-0.05, 0) is 61.4 Å². The monoisotopic (exact) mass is 510 g/mol. The van der Waals surface area contributed by atoms with Crippen LogP contribution in [0.15, 0.2) is 63.5 Å². The largest absolute Gasteiger partial charge is 0.326 e. The number of thioether (sulfide) groups is 1. The zero-order valence-electron chi connectivity index (χ0n) is 18.9. The predicted octanol–water partition coefficient (Wildman–Crippen LogP) is 2.52. The Morgan fingerprint density at radius 1 is 1.17 bits per heavy atom. The van der Waals surface area contributed by atoms with E-state index in [4.69, 9.17) is 10.1 Å². The van der Waals surface area contributed by atoms with E-state index in [2.05, 4.69) is 10.4 Å². The normalized spacial score (nSPS) is 15.3. The zero-order valence-corrected chi connectivity index (χ0v) is 20.6. The first-order valence-electron chi connectivity index (χ1n) is 10.8. The molecule has 1 atom stereocenters. The minimum Gasteiger partial charge on any atom is -0.326 e. The maximum Gasteiger partial charge on any atom is 0.265 e. The minimum atomic E-state index is -3.81. The maximum absolute atomic E-state index is 13.3. The first-order chi connectivity index (χ1) is 16.6. The van der Waals surface area contributed by atoms with Crippen molar-refractivity contribution in [2.75, 3.05) is 11.1 Å².